The van der Waals surface area contributed by atoms with Gasteiger partial charge in [0, 0.05) is 31.4 Å². The fraction of sp³-hybridized carbons (Fsp3) is 0.500. The average molecular weight is 408 g/mol. The van der Waals surface area contributed by atoms with Crippen LogP contribution in [0.15, 0.2) is 17.1 Å². The number of carboxylic acids is 1. The summed E-state index contributed by atoms with van der Waals surface area (Å²) in [6.45, 7) is 1.31. The van der Waals surface area contributed by atoms with Gasteiger partial charge >= 0.3 is 5.97 Å². The van der Waals surface area contributed by atoms with Crippen LogP contribution < -0.4 is 15.6 Å². The van der Waals surface area contributed by atoms with Crippen molar-refractivity contribution >= 4 is 34.2 Å². The van der Waals surface area contributed by atoms with E-state index in [9.17, 15) is 14.7 Å². The molecular weight excluding hydrogens is 385 g/mol. The zero-order chi connectivity index (χ0) is 20.0. The predicted molar refractivity (Wildman–Crippen MR) is 107 cm³/mol. The van der Waals surface area contributed by atoms with Crippen molar-refractivity contribution in [1.82, 2.24) is 9.88 Å². The number of hydrogen-bond acceptors (Lipinski definition) is 4. The summed E-state index contributed by atoms with van der Waals surface area (Å²) < 4.78 is 16.9. The normalized spacial score (nSPS) is 20.4. The topological polar surface area (TPSA) is 74.6 Å². The lowest BCUT2D eigenvalue weighted by molar-refractivity contribution is 0.0695. The van der Waals surface area contributed by atoms with Crippen molar-refractivity contribution in [3.63, 3.8) is 0 Å². The van der Waals surface area contributed by atoms with Crippen LogP contribution in [0.4, 0.5) is 10.1 Å². The van der Waals surface area contributed by atoms with E-state index in [4.69, 9.17) is 11.6 Å². The SMILES string of the molecule is CNC1CCCCN(c2c(F)cc3c(=O)c(C(=O)O)cn(C4CC4)c3c2Cl)C1. The molecule has 2 fully saturated rings. The molecule has 150 valence electrons. The van der Waals surface area contributed by atoms with Gasteiger partial charge in [0.1, 0.15) is 11.4 Å². The summed E-state index contributed by atoms with van der Waals surface area (Å²) in [5.41, 5.74) is -0.322. The number of rotatable bonds is 4. The molecule has 0 spiro atoms. The molecule has 4 rings (SSSR count). The van der Waals surface area contributed by atoms with Gasteiger partial charge < -0.3 is 19.9 Å². The first kappa shape index (κ1) is 19.2. The second-order valence-electron chi connectivity index (χ2n) is 7.66. The van der Waals surface area contributed by atoms with E-state index in [2.05, 4.69) is 5.32 Å². The number of likely N-dealkylation sites (N-methyl/N-ethyl adjacent to an activating group) is 1. The monoisotopic (exact) mass is 407 g/mol. The van der Waals surface area contributed by atoms with Crippen molar-refractivity contribution in [3.05, 3.63) is 38.9 Å². The van der Waals surface area contributed by atoms with E-state index < -0.39 is 17.2 Å². The van der Waals surface area contributed by atoms with Crippen molar-refractivity contribution in [3.8, 4) is 0 Å². The first-order valence-electron chi connectivity index (χ1n) is 9.64. The lowest BCUT2D eigenvalue weighted by Crippen LogP contribution is -2.38. The second kappa shape index (κ2) is 7.37. The Hall–Kier alpha value is -2.12. The largest absolute Gasteiger partial charge is 0.477 e. The van der Waals surface area contributed by atoms with Crippen LogP contribution in [0.25, 0.3) is 10.9 Å². The molecule has 1 saturated heterocycles. The molecule has 2 N–H and O–H groups in total. The summed E-state index contributed by atoms with van der Waals surface area (Å²) in [6, 6.07) is 1.48. The number of aromatic nitrogens is 1. The summed E-state index contributed by atoms with van der Waals surface area (Å²) >= 11 is 6.70. The number of aromatic carboxylic acids is 1. The van der Waals surface area contributed by atoms with Crippen LogP contribution >= 0.6 is 11.6 Å². The van der Waals surface area contributed by atoms with Crippen LogP contribution in [0.5, 0.6) is 0 Å². The Labute approximate surface area is 166 Å². The minimum Gasteiger partial charge on any atom is -0.477 e. The van der Waals surface area contributed by atoms with Gasteiger partial charge in [-0.15, -0.1) is 0 Å². The number of pyridine rings is 1. The van der Waals surface area contributed by atoms with Crippen molar-refractivity contribution in [2.45, 2.75) is 44.2 Å². The Morgan fingerprint density at radius 1 is 1.32 bits per heavy atom. The molecule has 2 aliphatic rings. The Balaban J connectivity index is 1.94. The second-order valence-corrected chi connectivity index (χ2v) is 8.04. The molecule has 2 aromatic rings. The number of nitrogens with zero attached hydrogens (tertiary/aromatic N) is 2. The molecule has 1 aromatic heterocycles. The molecule has 1 aliphatic heterocycles. The number of benzene rings is 1. The first-order chi connectivity index (χ1) is 13.4. The smallest absolute Gasteiger partial charge is 0.341 e. The van der Waals surface area contributed by atoms with E-state index in [1.54, 1.807) is 4.57 Å². The number of hydrogen-bond donors (Lipinski definition) is 2. The van der Waals surface area contributed by atoms with Crippen LogP contribution in [-0.4, -0.2) is 41.8 Å². The average Bonchev–Trinajstić information content (AvgIpc) is 3.49. The number of fused-ring (bicyclic) bond motifs is 1. The van der Waals surface area contributed by atoms with E-state index in [0.717, 1.165) is 38.2 Å². The van der Waals surface area contributed by atoms with Gasteiger partial charge in [0.05, 0.1) is 21.6 Å². The Bertz CT molecular complexity index is 1000. The molecule has 0 radical (unpaired) electrons. The maximum Gasteiger partial charge on any atom is 0.341 e. The molecule has 1 aromatic carbocycles. The summed E-state index contributed by atoms with van der Waals surface area (Å²) in [5.74, 6) is -1.90. The molecule has 0 amide bonds. The molecule has 1 saturated carbocycles. The van der Waals surface area contributed by atoms with Gasteiger partial charge in [-0.1, -0.05) is 18.0 Å². The van der Waals surface area contributed by atoms with Crippen molar-refractivity contribution < 1.29 is 14.3 Å². The fourth-order valence-corrected chi connectivity index (χ4v) is 4.50. The van der Waals surface area contributed by atoms with Crippen molar-refractivity contribution in [2.75, 3.05) is 25.0 Å². The highest BCUT2D eigenvalue weighted by Crippen LogP contribution is 2.42. The van der Waals surface area contributed by atoms with Crippen LogP contribution in [0.2, 0.25) is 5.02 Å². The number of carboxylic acid groups (broad SMARTS) is 1. The zero-order valence-electron chi connectivity index (χ0n) is 15.7. The predicted octanol–water partition coefficient (Wildman–Crippen LogP) is 3.41. The van der Waals surface area contributed by atoms with E-state index in [0.29, 0.717) is 24.3 Å². The molecule has 6 nitrogen and oxygen atoms in total. The summed E-state index contributed by atoms with van der Waals surface area (Å²) in [6.07, 6.45) is 6.10. The van der Waals surface area contributed by atoms with Crippen LogP contribution in [0.3, 0.4) is 0 Å². The van der Waals surface area contributed by atoms with E-state index in [1.165, 1.54) is 6.20 Å². The molecule has 8 heteroatoms. The number of anilines is 1. The molecule has 0 bridgehead atoms. The quantitative estimate of drug-likeness (QED) is 0.812. The van der Waals surface area contributed by atoms with E-state index >= 15 is 4.39 Å². The molecule has 1 atom stereocenters. The summed E-state index contributed by atoms with van der Waals surface area (Å²) in [5, 5.41) is 12.9. The number of carbonyl (C=O) groups is 1. The third-order valence-corrected chi connectivity index (χ3v) is 6.11. The maximum absolute atomic E-state index is 15.1. The molecular formula is C20H23ClFN3O3. The van der Waals surface area contributed by atoms with Gasteiger partial charge in [0.15, 0.2) is 0 Å². The van der Waals surface area contributed by atoms with Crippen LogP contribution in [0, 0.1) is 5.82 Å². The first-order valence-corrected chi connectivity index (χ1v) is 10.0. The van der Waals surface area contributed by atoms with E-state index in [-0.39, 0.29) is 28.1 Å². The minimum atomic E-state index is -1.31. The minimum absolute atomic E-state index is 0.0260. The highest BCUT2D eigenvalue weighted by Gasteiger charge is 2.31. The van der Waals surface area contributed by atoms with Gasteiger partial charge in [0.25, 0.3) is 0 Å². The fourth-order valence-electron chi connectivity index (χ4n) is 4.10. The van der Waals surface area contributed by atoms with Crippen molar-refractivity contribution in [1.29, 1.82) is 0 Å². The van der Waals surface area contributed by atoms with Gasteiger partial charge in [-0.05, 0) is 38.8 Å². The standard InChI is InChI=1S/C20H23ClFN3O3/c1-23-11-4-2-3-7-24(9-11)18-15(22)8-13-17(16(18)21)25(12-5-6-12)10-14(19(13)26)20(27)28/h8,10-12,23H,2-7,9H2,1H3,(H,27,28). The highest BCUT2D eigenvalue weighted by molar-refractivity contribution is 6.38. The highest BCUT2D eigenvalue weighted by atomic mass is 35.5. The Morgan fingerprint density at radius 3 is 2.71 bits per heavy atom. The third-order valence-electron chi connectivity index (χ3n) is 5.75. The van der Waals surface area contributed by atoms with Gasteiger partial charge in [-0.25, -0.2) is 9.18 Å². The molecule has 2 heterocycles. The number of nitrogens with one attached hydrogen (secondary N) is 1. The van der Waals surface area contributed by atoms with Crippen molar-refractivity contribution in [2.24, 2.45) is 0 Å². The third kappa shape index (κ3) is 3.26. The van der Waals surface area contributed by atoms with Gasteiger partial charge in [-0.2, -0.15) is 0 Å². The Kier molecular flexibility index (Phi) is 5.05. The molecule has 1 aliphatic carbocycles. The lowest BCUT2D eigenvalue weighted by Gasteiger charge is -2.28. The zero-order valence-corrected chi connectivity index (χ0v) is 16.4. The lowest BCUT2D eigenvalue weighted by atomic mass is 10.1. The number of halogens is 2. The van der Waals surface area contributed by atoms with Crippen LogP contribution in [-0.2, 0) is 0 Å². The summed E-state index contributed by atoms with van der Waals surface area (Å²) in [7, 11) is 1.89. The molecule has 28 heavy (non-hydrogen) atoms. The summed E-state index contributed by atoms with van der Waals surface area (Å²) in [4.78, 5) is 26.1. The van der Waals surface area contributed by atoms with Gasteiger partial charge in [0.2, 0.25) is 5.43 Å². The molecule has 1 unspecified atom stereocenters. The van der Waals surface area contributed by atoms with Crippen LogP contribution in [0.1, 0.15) is 48.5 Å². The van der Waals surface area contributed by atoms with E-state index in [1.807, 2.05) is 11.9 Å². The van der Waals surface area contributed by atoms with Gasteiger partial charge in [-0.3, -0.25) is 4.79 Å². The maximum atomic E-state index is 15.1. The Morgan fingerprint density at radius 2 is 2.07 bits per heavy atom.